The molecule has 0 bridgehead atoms. The van der Waals surface area contributed by atoms with Crippen LogP contribution in [0.5, 0.6) is 0 Å². The lowest BCUT2D eigenvalue weighted by Gasteiger charge is -2.24. The van der Waals surface area contributed by atoms with Crippen molar-refractivity contribution in [2.45, 2.75) is 25.8 Å². The van der Waals surface area contributed by atoms with Crippen LogP contribution < -0.4 is 0 Å². The van der Waals surface area contributed by atoms with Crippen LogP contribution in [-0.2, 0) is 6.42 Å². The predicted molar refractivity (Wildman–Crippen MR) is 74.3 cm³/mol. The van der Waals surface area contributed by atoms with E-state index in [1.54, 1.807) is 6.07 Å². The minimum absolute atomic E-state index is 0.00319. The van der Waals surface area contributed by atoms with Crippen LogP contribution in [0.1, 0.15) is 18.9 Å². The molecule has 1 amide bonds. The zero-order chi connectivity index (χ0) is 14.3. The number of nitrogens with one attached hydrogen (secondary N) is 1. The van der Waals surface area contributed by atoms with Crippen molar-refractivity contribution >= 4 is 17.0 Å². The molecule has 0 aliphatic carbocycles. The molecule has 2 atom stereocenters. The number of amides is 1. The molecule has 1 aliphatic heterocycles. The number of hydrogen-bond acceptors (Lipinski definition) is 1. The van der Waals surface area contributed by atoms with Crippen molar-refractivity contribution in [2.24, 2.45) is 5.92 Å². The van der Waals surface area contributed by atoms with Crippen LogP contribution in [0.15, 0.2) is 24.4 Å². The fraction of sp³-hybridized carbons (Fsp3) is 0.400. The fourth-order valence-electron chi connectivity index (χ4n) is 3.11. The normalized spacial score (nSPS) is 22.6. The molecule has 1 fully saturated rings. The standard InChI is InChI=1S/C15H17FN2O2/c1-9-4-5-18(15(19)20)14(9)6-10-8-17-13-7-11(16)2-3-12(10)13/h2-3,7-9,14,17H,4-6H2,1H3,(H,19,20). The Morgan fingerprint density at radius 2 is 2.35 bits per heavy atom. The second-order valence-electron chi connectivity index (χ2n) is 5.52. The van der Waals surface area contributed by atoms with E-state index in [2.05, 4.69) is 11.9 Å². The van der Waals surface area contributed by atoms with Crippen molar-refractivity contribution in [3.05, 3.63) is 35.8 Å². The maximum absolute atomic E-state index is 13.2. The van der Waals surface area contributed by atoms with Crippen LogP contribution in [-0.4, -0.2) is 33.7 Å². The van der Waals surface area contributed by atoms with Gasteiger partial charge in [-0.25, -0.2) is 9.18 Å². The van der Waals surface area contributed by atoms with Crippen LogP contribution in [0.2, 0.25) is 0 Å². The molecular weight excluding hydrogens is 259 g/mol. The van der Waals surface area contributed by atoms with Gasteiger partial charge in [0.15, 0.2) is 0 Å². The number of aromatic amines is 1. The van der Waals surface area contributed by atoms with Gasteiger partial charge in [0.2, 0.25) is 0 Å². The summed E-state index contributed by atoms with van der Waals surface area (Å²) >= 11 is 0. The minimum atomic E-state index is -0.856. The van der Waals surface area contributed by atoms with Gasteiger partial charge in [-0.1, -0.05) is 6.92 Å². The third kappa shape index (κ3) is 2.13. The maximum atomic E-state index is 13.2. The number of rotatable bonds is 2. The van der Waals surface area contributed by atoms with Crippen LogP contribution in [0.25, 0.3) is 10.9 Å². The van der Waals surface area contributed by atoms with E-state index in [9.17, 15) is 14.3 Å². The van der Waals surface area contributed by atoms with E-state index in [1.165, 1.54) is 17.0 Å². The summed E-state index contributed by atoms with van der Waals surface area (Å²) in [5.41, 5.74) is 1.80. The SMILES string of the molecule is CC1CCN(C(=O)O)C1Cc1c[nH]c2cc(F)ccc12. The molecule has 0 radical (unpaired) electrons. The van der Waals surface area contributed by atoms with Crippen molar-refractivity contribution < 1.29 is 14.3 Å². The van der Waals surface area contributed by atoms with Crippen LogP contribution in [0, 0.1) is 11.7 Å². The molecule has 1 aromatic heterocycles. The molecule has 1 saturated heterocycles. The van der Waals surface area contributed by atoms with Gasteiger partial charge in [-0.2, -0.15) is 0 Å². The highest BCUT2D eigenvalue weighted by Gasteiger charge is 2.34. The van der Waals surface area contributed by atoms with Crippen molar-refractivity contribution in [1.82, 2.24) is 9.88 Å². The average Bonchev–Trinajstić information content (AvgIpc) is 2.95. The summed E-state index contributed by atoms with van der Waals surface area (Å²) in [6.45, 7) is 2.68. The van der Waals surface area contributed by atoms with Crippen LogP contribution in [0.3, 0.4) is 0 Å². The zero-order valence-corrected chi connectivity index (χ0v) is 11.3. The number of fused-ring (bicyclic) bond motifs is 1. The van der Waals surface area contributed by atoms with Gasteiger partial charge in [0.05, 0.1) is 0 Å². The smallest absolute Gasteiger partial charge is 0.407 e. The van der Waals surface area contributed by atoms with E-state index in [4.69, 9.17) is 0 Å². The lowest BCUT2D eigenvalue weighted by atomic mass is 9.95. The van der Waals surface area contributed by atoms with E-state index >= 15 is 0 Å². The highest BCUT2D eigenvalue weighted by Crippen LogP contribution is 2.29. The molecule has 4 nitrogen and oxygen atoms in total. The summed E-state index contributed by atoms with van der Waals surface area (Å²) in [6.07, 6.45) is 2.56. The van der Waals surface area contributed by atoms with Crippen LogP contribution >= 0.6 is 0 Å². The Kier molecular flexibility index (Phi) is 3.12. The molecule has 0 spiro atoms. The van der Waals surface area contributed by atoms with Gasteiger partial charge in [-0.15, -0.1) is 0 Å². The molecule has 2 unspecified atom stereocenters. The monoisotopic (exact) mass is 276 g/mol. The quantitative estimate of drug-likeness (QED) is 0.884. The molecule has 0 saturated carbocycles. The van der Waals surface area contributed by atoms with E-state index in [0.717, 1.165) is 22.9 Å². The van der Waals surface area contributed by atoms with Crippen molar-refractivity contribution in [3.8, 4) is 0 Å². The Balaban J connectivity index is 1.90. The summed E-state index contributed by atoms with van der Waals surface area (Å²) in [6, 6.07) is 4.65. The molecule has 2 heterocycles. The van der Waals surface area contributed by atoms with E-state index < -0.39 is 6.09 Å². The van der Waals surface area contributed by atoms with Gasteiger partial charge in [-0.05, 0) is 42.5 Å². The Morgan fingerprint density at radius 1 is 1.55 bits per heavy atom. The molecule has 2 aromatic rings. The van der Waals surface area contributed by atoms with Crippen LogP contribution in [0.4, 0.5) is 9.18 Å². The van der Waals surface area contributed by atoms with Gasteiger partial charge < -0.3 is 15.0 Å². The molecule has 2 N–H and O–H groups in total. The summed E-state index contributed by atoms with van der Waals surface area (Å²) in [5, 5.41) is 10.2. The number of nitrogens with zero attached hydrogens (tertiary/aromatic N) is 1. The highest BCUT2D eigenvalue weighted by molar-refractivity contribution is 5.83. The third-order valence-electron chi connectivity index (χ3n) is 4.29. The Hall–Kier alpha value is -2.04. The lowest BCUT2D eigenvalue weighted by Crippen LogP contribution is -2.37. The Labute approximate surface area is 116 Å². The number of benzene rings is 1. The largest absolute Gasteiger partial charge is 0.465 e. The maximum Gasteiger partial charge on any atom is 0.407 e. The molecular formula is C15H17FN2O2. The van der Waals surface area contributed by atoms with Gasteiger partial charge in [0.25, 0.3) is 0 Å². The minimum Gasteiger partial charge on any atom is -0.465 e. The van der Waals surface area contributed by atoms with E-state index in [0.29, 0.717) is 18.9 Å². The number of halogens is 1. The van der Waals surface area contributed by atoms with Gasteiger partial charge in [-0.3, -0.25) is 0 Å². The molecule has 1 aromatic carbocycles. The lowest BCUT2D eigenvalue weighted by molar-refractivity contribution is 0.135. The Bertz CT molecular complexity index is 652. The molecule has 1 aliphatic rings. The molecule has 20 heavy (non-hydrogen) atoms. The van der Waals surface area contributed by atoms with E-state index in [1.807, 2.05) is 6.20 Å². The number of carboxylic acid groups (broad SMARTS) is 1. The van der Waals surface area contributed by atoms with Crippen molar-refractivity contribution in [3.63, 3.8) is 0 Å². The fourth-order valence-corrected chi connectivity index (χ4v) is 3.11. The highest BCUT2D eigenvalue weighted by atomic mass is 19.1. The Morgan fingerprint density at radius 3 is 3.10 bits per heavy atom. The summed E-state index contributed by atoms with van der Waals surface area (Å²) in [5.74, 6) is 0.0730. The second-order valence-corrected chi connectivity index (χ2v) is 5.52. The van der Waals surface area contributed by atoms with Gasteiger partial charge >= 0.3 is 6.09 Å². The summed E-state index contributed by atoms with van der Waals surface area (Å²) in [7, 11) is 0. The molecule has 106 valence electrons. The number of aromatic nitrogens is 1. The first-order valence-electron chi connectivity index (χ1n) is 6.81. The first-order chi connectivity index (χ1) is 9.56. The van der Waals surface area contributed by atoms with Crippen molar-refractivity contribution in [1.29, 1.82) is 0 Å². The van der Waals surface area contributed by atoms with E-state index in [-0.39, 0.29) is 11.9 Å². The number of likely N-dealkylation sites (tertiary alicyclic amines) is 1. The second kappa shape index (κ2) is 4.81. The van der Waals surface area contributed by atoms with Gasteiger partial charge in [0, 0.05) is 29.7 Å². The molecule has 5 heteroatoms. The number of hydrogen-bond donors (Lipinski definition) is 2. The predicted octanol–water partition coefficient (Wildman–Crippen LogP) is 3.24. The van der Waals surface area contributed by atoms with Crippen molar-refractivity contribution in [2.75, 3.05) is 6.54 Å². The summed E-state index contributed by atoms with van der Waals surface area (Å²) in [4.78, 5) is 15.8. The third-order valence-corrected chi connectivity index (χ3v) is 4.29. The first-order valence-corrected chi connectivity index (χ1v) is 6.81. The average molecular weight is 276 g/mol. The molecule has 3 rings (SSSR count). The number of H-pyrrole nitrogens is 1. The first kappa shape index (κ1) is 13.0. The zero-order valence-electron chi connectivity index (χ0n) is 11.3. The van der Waals surface area contributed by atoms with Gasteiger partial charge in [0.1, 0.15) is 5.82 Å². The topological polar surface area (TPSA) is 56.3 Å². The number of carbonyl (C=O) groups is 1. The summed E-state index contributed by atoms with van der Waals surface area (Å²) < 4.78 is 13.2.